The molecule has 1 aromatic heterocycles. The molecule has 1 heterocycles. The van der Waals surface area contributed by atoms with Gasteiger partial charge in [-0.25, -0.2) is 4.68 Å². The van der Waals surface area contributed by atoms with Gasteiger partial charge in [0.25, 0.3) is 0 Å². The van der Waals surface area contributed by atoms with Crippen molar-refractivity contribution in [3.63, 3.8) is 0 Å². The van der Waals surface area contributed by atoms with Gasteiger partial charge in [-0.1, -0.05) is 24.6 Å². The molecule has 17 heavy (non-hydrogen) atoms. The van der Waals surface area contributed by atoms with Crippen LogP contribution >= 0.6 is 11.8 Å². The minimum atomic E-state index is -0.286. The Bertz CT molecular complexity index is 389. The van der Waals surface area contributed by atoms with Crippen LogP contribution in [-0.4, -0.2) is 38.5 Å². The number of tetrazole rings is 1. The zero-order valence-corrected chi connectivity index (χ0v) is 10.8. The molecule has 1 aliphatic rings. The maximum Gasteiger partial charge on any atom is 0.318 e. The fourth-order valence-electron chi connectivity index (χ4n) is 2.01. The Morgan fingerprint density at radius 2 is 2.24 bits per heavy atom. The average Bonchev–Trinajstić information content (AvgIpc) is 2.97. The van der Waals surface area contributed by atoms with Crippen LogP contribution in [0.15, 0.2) is 5.16 Å². The van der Waals surface area contributed by atoms with Gasteiger partial charge in [0, 0.05) is 0 Å². The van der Waals surface area contributed by atoms with Gasteiger partial charge in [0.15, 0.2) is 0 Å². The molecular weight excluding hydrogens is 240 g/mol. The van der Waals surface area contributed by atoms with E-state index in [1.54, 1.807) is 6.92 Å². The van der Waals surface area contributed by atoms with Gasteiger partial charge in [0.05, 0.1) is 13.2 Å². The highest BCUT2D eigenvalue weighted by Crippen LogP contribution is 2.32. The van der Waals surface area contributed by atoms with Crippen molar-refractivity contribution < 1.29 is 9.53 Å². The van der Waals surface area contributed by atoms with Crippen LogP contribution in [0.2, 0.25) is 0 Å². The SMILES string of the molecule is COC(=O)[C@@H](C)Sc1nnnn1C1CCCC1. The van der Waals surface area contributed by atoms with Crippen molar-refractivity contribution in [1.29, 1.82) is 0 Å². The summed E-state index contributed by atoms with van der Waals surface area (Å²) in [6.07, 6.45) is 4.68. The monoisotopic (exact) mass is 256 g/mol. The number of thioether (sulfide) groups is 1. The van der Waals surface area contributed by atoms with E-state index >= 15 is 0 Å². The molecule has 0 saturated heterocycles. The molecule has 6 nitrogen and oxygen atoms in total. The molecule has 1 atom stereocenters. The van der Waals surface area contributed by atoms with Gasteiger partial charge in [-0.2, -0.15) is 0 Å². The number of hydrogen-bond donors (Lipinski definition) is 0. The summed E-state index contributed by atoms with van der Waals surface area (Å²) in [5.41, 5.74) is 0. The van der Waals surface area contributed by atoms with Crippen LogP contribution in [0, 0.1) is 0 Å². The molecular formula is C10H16N4O2S. The van der Waals surface area contributed by atoms with E-state index in [4.69, 9.17) is 0 Å². The second-order valence-electron chi connectivity index (χ2n) is 4.13. The van der Waals surface area contributed by atoms with Crippen LogP contribution in [-0.2, 0) is 9.53 Å². The highest BCUT2D eigenvalue weighted by molar-refractivity contribution is 8.00. The minimum absolute atomic E-state index is 0.254. The molecule has 1 aliphatic carbocycles. The van der Waals surface area contributed by atoms with Crippen molar-refractivity contribution in [2.24, 2.45) is 0 Å². The lowest BCUT2D eigenvalue weighted by Gasteiger charge is -2.12. The molecule has 0 aliphatic heterocycles. The van der Waals surface area contributed by atoms with E-state index in [0.717, 1.165) is 12.8 Å². The summed E-state index contributed by atoms with van der Waals surface area (Å²) < 4.78 is 6.53. The number of aromatic nitrogens is 4. The molecule has 0 unspecified atom stereocenters. The first kappa shape index (κ1) is 12.3. The van der Waals surface area contributed by atoms with Gasteiger partial charge in [-0.3, -0.25) is 4.79 Å². The lowest BCUT2D eigenvalue weighted by molar-refractivity contribution is -0.139. The Balaban J connectivity index is 2.05. The summed E-state index contributed by atoms with van der Waals surface area (Å²) >= 11 is 1.35. The number of rotatable bonds is 4. The topological polar surface area (TPSA) is 69.9 Å². The van der Waals surface area contributed by atoms with Crippen molar-refractivity contribution in [1.82, 2.24) is 20.2 Å². The Morgan fingerprint density at radius 3 is 2.88 bits per heavy atom. The largest absolute Gasteiger partial charge is 0.468 e. The summed E-state index contributed by atoms with van der Waals surface area (Å²) in [7, 11) is 1.39. The molecule has 7 heteroatoms. The second kappa shape index (κ2) is 5.48. The molecule has 1 saturated carbocycles. The zero-order valence-electron chi connectivity index (χ0n) is 10.00. The van der Waals surface area contributed by atoms with E-state index in [1.165, 1.54) is 31.7 Å². The van der Waals surface area contributed by atoms with E-state index in [1.807, 2.05) is 4.68 Å². The van der Waals surface area contributed by atoms with E-state index in [0.29, 0.717) is 11.2 Å². The zero-order chi connectivity index (χ0) is 12.3. The van der Waals surface area contributed by atoms with Gasteiger partial charge in [-0.05, 0) is 30.2 Å². The minimum Gasteiger partial charge on any atom is -0.468 e. The molecule has 94 valence electrons. The number of esters is 1. The molecule has 1 aromatic rings. The number of methoxy groups -OCH3 is 1. The van der Waals surface area contributed by atoms with Crippen LogP contribution < -0.4 is 0 Å². The van der Waals surface area contributed by atoms with Crippen LogP contribution in [0.5, 0.6) is 0 Å². The van der Waals surface area contributed by atoms with Crippen molar-refractivity contribution in [2.45, 2.75) is 49.1 Å². The van der Waals surface area contributed by atoms with Gasteiger partial charge < -0.3 is 4.74 Å². The molecule has 0 bridgehead atoms. The summed E-state index contributed by atoms with van der Waals surface area (Å²) in [6.45, 7) is 1.80. The molecule has 0 radical (unpaired) electrons. The number of carbonyl (C=O) groups excluding carboxylic acids is 1. The number of ether oxygens (including phenoxy) is 1. The van der Waals surface area contributed by atoms with Crippen LogP contribution in [0.1, 0.15) is 38.6 Å². The quantitative estimate of drug-likeness (QED) is 0.599. The van der Waals surface area contributed by atoms with Crippen molar-refractivity contribution >= 4 is 17.7 Å². The van der Waals surface area contributed by atoms with Gasteiger partial charge in [0.2, 0.25) is 5.16 Å². The maximum atomic E-state index is 11.3. The molecule has 0 N–H and O–H groups in total. The van der Waals surface area contributed by atoms with Crippen LogP contribution in [0.4, 0.5) is 0 Å². The van der Waals surface area contributed by atoms with E-state index < -0.39 is 0 Å². The predicted octanol–water partition coefficient (Wildman–Crippen LogP) is 1.44. The third-order valence-corrected chi connectivity index (χ3v) is 3.97. The summed E-state index contributed by atoms with van der Waals surface area (Å²) in [6, 6.07) is 0.386. The molecule has 0 spiro atoms. The number of nitrogens with zero attached hydrogens (tertiary/aromatic N) is 4. The normalized spacial score (nSPS) is 18.2. The highest BCUT2D eigenvalue weighted by Gasteiger charge is 2.24. The van der Waals surface area contributed by atoms with Crippen molar-refractivity contribution in [3.8, 4) is 0 Å². The molecule has 0 amide bonds. The predicted molar refractivity (Wildman–Crippen MR) is 62.7 cm³/mol. The Hall–Kier alpha value is -1.11. The summed E-state index contributed by atoms with van der Waals surface area (Å²) in [5.74, 6) is -0.254. The maximum absolute atomic E-state index is 11.3. The summed E-state index contributed by atoms with van der Waals surface area (Å²) in [5, 5.41) is 12.1. The number of carbonyl (C=O) groups is 1. The lowest BCUT2D eigenvalue weighted by Crippen LogP contribution is -2.17. The third kappa shape index (κ3) is 2.77. The van der Waals surface area contributed by atoms with Gasteiger partial charge >= 0.3 is 5.97 Å². The van der Waals surface area contributed by atoms with E-state index in [2.05, 4.69) is 20.3 Å². The Kier molecular flexibility index (Phi) is 3.98. The van der Waals surface area contributed by atoms with E-state index in [-0.39, 0.29) is 11.2 Å². The van der Waals surface area contributed by atoms with Crippen LogP contribution in [0.3, 0.4) is 0 Å². The first-order valence-corrected chi connectivity index (χ1v) is 6.62. The third-order valence-electron chi connectivity index (χ3n) is 2.95. The molecule has 0 aromatic carbocycles. The molecule has 1 fully saturated rings. The standard InChI is InChI=1S/C10H16N4O2S/c1-7(9(15)16-2)17-10-11-12-13-14(10)8-5-3-4-6-8/h7-8H,3-6H2,1-2H3/t7-/m1/s1. The lowest BCUT2D eigenvalue weighted by atomic mass is 10.3. The Labute approximate surface area is 104 Å². The average molecular weight is 256 g/mol. The second-order valence-corrected chi connectivity index (χ2v) is 5.44. The molecule has 2 rings (SSSR count). The van der Waals surface area contributed by atoms with Gasteiger partial charge in [-0.15, -0.1) is 5.10 Å². The Morgan fingerprint density at radius 1 is 1.53 bits per heavy atom. The van der Waals surface area contributed by atoms with E-state index in [9.17, 15) is 4.79 Å². The first-order chi connectivity index (χ1) is 8.22. The van der Waals surface area contributed by atoms with Crippen molar-refractivity contribution in [3.05, 3.63) is 0 Å². The highest BCUT2D eigenvalue weighted by atomic mass is 32.2. The van der Waals surface area contributed by atoms with Gasteiger partial charge in [0.1, 0.15) is 5.25 Å². The van der Waals surface area contributed by atoms with Crippen LogP contribution in [0.25, 0.3) is 0 Å². The number of hydrogen-bond acceptors (Lipinski definition) is 6. The van der Waals surface area contributed by atoms with Crippen molar-refractivity contribution in [2.75, 3.05) is 7.11 Å². The summed E-state index contributed by atoms with van der Waals surface area (Å²) in [4.78, 5) is 11.3. The first-order valence-electron chi connectivity index (χ1n) is 5.74. The fraction of sp³-hybridized carbons (Fsp3) is 0.800. The fourth-order valence-corrected chi connectivity index (χ4v) is 2.90. The smallest absolute Gasteiger partial charge is 0.318 e.